The monoisotopic (exact) mass is 312 g/mol. The highest BCUT2D eigenvalue weighted by Gasteiger charge is 2.22. The zero-order valence-electron chi connectivity index (χ0n) is 11.9. The Hall–Kier alpha value is -1.02. The van der Waals surface area contributed by atoms with E-state index in [4.69, 9.17) is 0 Å². The minimum atomic E-state index is -0.371. The standard InChI is InChI=1S/C14H21FN4OS/c15-12-6-10(8-17-11-2-1-3-16-9-11)7-13(20)14(12)19-5-4-18-21-19/h6-7,11,16-18,20H,1-5,8-9H2/t11-/m1/s1. The molecule has 1 atom stereocenters. The van der Waals surface area contributed by atoms with Crippen molar-refractivity contribution in [2.75, 3.05) is 30.5 Å². The van der Waals surface area contributed by atoms with Crippen LogP contribution in [-0.4, -0.2) is 37.3 Å². The molecule has 2 heterocycles. The lowest BCUT2D eigenvalue weighted by molar-refractivity contribution is 0.388. The van der Waals surface area contributed by atoms with Gasteiger partial charge < -0.3 is 15.7 Å². The van der Waals surface area contributed by atoms with Crippen molar-refractivity contribution < 1.29 is 9.50 Å². The van der Waals surface area contributed by atoms with E-state index in [-0.39, 0.29) is 17.3 Å². The predicted molar refractivity (Wildman–Crippen MR) is 83.7 cm³/mol. The first-order valence-electron chi connectivity index (χ1n) is 7.37. The number of aromatic hydroxyl groups is 1. The quantitative estimate of drug-likeness (QED) is 0.630. The van der Waals surface area contributed by atoms with Gasteiger partial charge in [0.1, 0.15) is 11.4 Å². The van der Waals surface area contributed by atoms with Crippen molar-refractivity contribution in [2.24, 2.45) is 0 Å². The first-order chi connectivity index (χ1) is 10.2. The Morgan fingerprint density at radius 2 is 2.33 bits per heavy atom. The van der Waals surface area contributed by atoms with Crippen LogP contribution >= 0.6 is 12.1 Å². The molecular weight excluding hydrogens is 291 g/mol. The van der Waals surface area contributed by atoms with Gasteiger partial charge >= 0.3 is 0 Å². The molecule has 0 radical (unpaired) electrons. The van der Waals surface area contributed by atoms with Crippen LogP contribution in [-0.2, 0) is 6.54 Å². The minimum absolute atomic E-state index is 0.00442. The SMILES string of the molecule is Oc1cc(CN[C@@H]2CCCNC2)cc(F)c1N1CCNS1. The molecule has 1 aromatic carbocycles. The summed E-state index contributed by atoms with van der Waals surface area (Å²) in [5.41, 5.74) is 1.05. The molecule has 0 aliphatic carbocycles. The van der Waals surface area contributed by atoms with Gasteiger partial charge in [0.25, 0.3) is 0 Å². The highest BCUT2D eigenvalue weighted by molar-refractivity contribution is 7.99. The average Bonchev–Trinajstić information content (AvgIpc) is 2.99. The second-order valence-electron chi connectivity index (χ2n) is 5.46. The lowest BCUT2D eigenvalue weighted by Gasteiger charge is -2.24. The molecule has 1 aromatic rings. The van der Waals surface area contributed by atoms with Crippen LogP contribution in [0.5, 0.6) is 5.75 Å². The molecule has 0 saturated carbocycles. The summed E-state index contributed by atoms with van der Waals surface area (Å²) in [4.78, 5) is 0. The molecule has 0 aromatic heterocycles. The van der Waals surface area contributed by atoms with Crippen LogP contribution in [0.1, 0.15) is 18.4 Å². The molecule has 2 aliphatic heterocycles. The number of phenols is 1. The number of rotatable bonds is 4. The van der Waals surface area contributed by atoms with Crippen LogP contribution in [0.2, 0.25) is 0 Å². The minimum Gasteiger partial charge on any atom is -0.506 e. The van der Waals surface area contributed by atoms with E-state index in [9.17, 15) is 9.50 Å². The van der Waals surface area contributed by atoms with Gasteiger partial charge in [-0.15, -0.1) is 0 Å². The Labute approximate surface area is 128 Å². The Morgan fingerprint density at radius 1 is 1.43 bits per heavy atom. The van der Waals surface area contributed by atoms with E-state index in [0.29, 0.717) is 19.1 Å². The van der Waals surface area contributed by atoms with Crippen molar-refractivity contribution in [1.82, 2.24) is 15.4 Å². The van der Waals surface area contributed by atoms with Gasteiger partial charge in [-0.3, -0.25) is 4.31 Å². The number of nitrogens with one attached hydrogen (secondary N) is 3. The Balaban J connectivity index is 1.66. The van der Waals surface area contributed by atoms with Gasteiger partial charge in [0.2, 0.25) is 0 Å². The zero-order chi connectivity index (χ0) is 14.7. The van der Waals surface area contributed by atoms with Gasteiger partial charge in [-0.05, 0) is 37.1 Å². The van der Waals surface area contributed by atoms with Crippen LogP contribution in [0.3, 0.4) is 0 Å². The maximum absolute atomic E-state index is 14.2. The Kier molecular flexibility index (Phi) is 4.84. The third-order valence-corrected chi connectivity index (χ3v) is 4.75. The van der Waals surface area contributed by atoms with Gasteiger partial charge in [0.15, 0.2) is 5.82 Å². The molecule has 2 aliphatic rings. The zero-order valence-corrected chi connectivity index (χ0v) is 12.7. The summed E-state index contributed by atoms with van der Waals surface area (Å²) in [5.74, 6) is -0.366. The number of piperidine rings is 1. The fraction of sp³-hybridized carbons (Fsp3) is 0.571. The lowest BCUT2D eigenvalue weighted by atomic mass is 10.1. The van der Waals surface area contributed by atoms with Crippen LogP contribution in [0.4, 0.5) is 10.1 Å². The van der Waals surface area contributed by atoms with Crippen molar-refractivity contribution in [1.29, 1.82) is 0 Å². The number of anilines is 1. The largest absolute Gasteiger partial charge is 0.506 e. The number of halogens is 1. The topological polar surface area (TPSA) is 59.6 Å². The molecule has 0 spiro atoms. The van der Waals surface area contributed by atoms with E-state index in [1.54, 1.807) is 10.4 Å². The van der Waals surface area contributed by atoms with Gasteiger partial charge in [-0.25, -0.2) is 9.11 Å². The summed E-state index contributed by atoms with van der Waals surface area (Å²) in [6.45, 7) is 4.05. The third kappa shape index (κ3) is 3.60. The van der Waals surface area contributed by atoms with Crippen LogP contribution in [0.25, 0.3) is 0 Å². The Bertz CT molecular complexity index is 467. The maximum Gasteiger partial charge on any atom is 0.151 e. The third-order valence-electron chi connectivity index (χ3n) is 3.84. The predicted octanol–water partition coefficient (Wildman–Crippen LogP) is 1.35. The fourth-order valence-corrected chi connectivity index (χ4v) is 3.54. The van der Waals surface area contributed by atoms with Crippen molar-refractivity contribution in [2.45, 2.75) is 25.4 Å². The van der Waals surface area contributed by atoms with E-state index < -0.39 is 0 Å². The molecule has 2 saturated heterocycles. The fourth-order valence-electron chi connectivity index (χ4n) is 2.75. The number of nitrogens with zero attached hydrogens (tertiary/aromatic N) is 1. The highest BCUT2D eigenvalue weighted by atomic mass is 32.2. The first-order valence-corrected chi connectivity index (χ1v) is 8.14. The van der Waals surface area contributed by atoms with Crippen molar-refractivity contribution in [3.63, 3.8) is 0 Å². The molecule has 3 rings (SSSR count). The van der Waals surface area contributed by atoms with Crippen LogP contribution in [0.15, 0.2) is 12.1 Å². The lowest BCUT2D eigenvalue weighted by Crippen LogP contribution is -2.42. The molecule has 116 valence electrons. The molecule has 7 heteroatoms. The summed E-state index contributed by atoms with van der Waals surface area (Å²) < 4.78 is 19.0. The normalized spacial score (nSPS) is 22.7. The van der Waals surface area contributed by atoms with E-state index in [1.807, 2.05) is 0 Å². The second kappa shape index (κ2) is 6.83. The average molecular weight is 312 g/mol. The van der Waals surface area contributed by atoms with Crippen LogP contribution < -0.4 is 19.7 Å². The van der Waals surface area contributed by atoms with Crippen molar-refractivity contribution in [3.05, 3.63) is 23.5 Å². The summed E-state index contributed by atoms with van der Waals surface area (Å²) in [5, 5.41) is 16.9. The number of benzene rings is 1. The van der Waals surface area contributed by atoms with Crippen LogP contribution in [0, 0.1) is 5.82 Å². The molecule has 0 amide bonds. The molecule has 0 unspecified atom stereocenters. The van der Waals surface area contributed by atoms with E-state index in [0.717, 1.165) is 38.0 Å². The summed E-state index contributed by atoms with van der Waals surface area (Å²) in [7, 11) is 0. The van der Waals surface area contributed by atoms with Gasteiger partial charge in [-0.1, -0.05) is 0 Å². The van der Waals surface area contributed by atoms with E-state index >= 15 is 0 Å². The maximum atomic E-state index is 14.2. The summed E-state index contributed by atoms with van der Waals surface area (Å²) in [6, 6.07) is 3.58. The Morgan fingerprint density at radius 3 is 3.00 bits per heavy atom. The highest BCUT2D eigenvalue weighted by Crippen LogP contribution is 2.36. The van der Waals surface area contributed by atoms with E-state index in [1.165, 1.54) is 18.2 Å². The summed E-state index contributed by atoms with van der Waals surface area (Å²) in [6.07, 6.45) is 2.30. The molecule has 0 bridgehead atoms. The van der Waals surface area contributed by atoms with Gasteiger partial charge in [-0.2, -0.15) is 0 Å². The van der Waals surface area contributed by atoms with Crippen molar-refractivity contribution >= 4 is 17.8 Å². The number of hydrogen-bond donors (Lipinski definition) is 4. The smallest absolute Gasteiger partial charge is 0.151 e. The van der Waals surface area contributed by atoms with Crippen molar-refractivity contribution in [3.8, 4) is 5.75 Å². The van der Waals surface area contributed by atoms with Gasteiger partial charge in [0.05, 0.1) is 0 Å². The van der Waals surface area contributed by atoms with E-state index in [2.05, 4.69) is 15.4 Å². The first kappa shape index (κ1) is 14.9. The molecule has 2 fully saturated rings. The molecule has 5 nitrogen and oxygen atoms in total. The second-order valence-corrected chi connectivity index (χ2v) is 6.37. The number of phenolic OH excluding ortho intramolecular Hbond substituents is 1. The molecule has 4 N–H and O–H groups in total. The number of hydrogen-bond acceptors (Lipinski definition) is 6. The molecular formula is C14H21FN4OS. The van der Waals surface area contributed by atoms with Gasteiger partial charge in [0, 0.05) is 44.4 Å². The summed E-state index contributed by atoms with van der Waals surface area (Å²) >= 11 is 1.33. The molecule has 21 heavy (non-hydrogen) atoms.